The molecule has 0 spiro atoms. The van der Waals surface area contributed by atoms with Crippen LogP contribution in [0.25, 0.3) is 0 Å². The number of methoxy groups -OCH3 is 1. The van der Waals surface area contributed by atoms with Crippen LogP contribution >= 0.6 is 0 Å². The van der Waals surface area contributed by atoms with Gasteiger partial charge in [0.2, 0.25) is 10.0 Å². The van der Waals surface area contributed by atoms with Crippen LogP contribution in [-0.4, -0.2) is 52.6 Å². The van der Waals surface area contributed by atoms with Gasteiger partial charge in [-0.05, 0) is 36.1 Å². The number of amides is 1. The van der Waals surface area contributed by atoms with E-state index in [0.717, 1.165) is 6.42 Å². The van der Waals surface area contributed by atoms with Gasteiger partial charge in [-0.3, -0.25) is 4.79 Å². The number of ether oxygens (including phenoxy) is 1. The maximum atomic E-state index is 12.6. The zero-order valence-corrected chi connectivity index (χ0v) is 16.7. The lowest BCUT2D eigenvalue weighted by Gasteiger charge is -2.32. The summed E-state index contributed by atoms with van der Waals surface area (Å²) in [5, 5.41) is 0. The van der Waals surface area contributed by atoms with Crippen LogP contribution in [0, 0.1) is 5.41 Å². The van der Waals surface area contributed by atoms with Gasteiger partial charge in [0.05, 0.1) is 11.5 Å². The molecule has 7 heteroatoms. The molecule has 0 atom stereocenters. The Bertz CT molecular complexity index is 762. The summed E-state index contributed by atoms with van der Waals surface area (Å²) in [6.07, 6.45) is 2.99. The molecule has 26 heavy (non-hydrogen) atoms. The van der Waals surface area contributed by atoms with E-state index in [1.54, 1.807) is 17.0 Å². The minimum atomic E-state index is -3.59. The molecular weight excluding hydrogens is 352 g/mol. The van der Waals surface area contributed by atoms with Crippen molar-refractivity contribution in [1.82, 2.24) is 9.62 Å². The van der Waals surface area contributed by atoms with Crippen LogP contribution in [0.5, 0.6) is 0 Å². The summed E-state index contributed by atoms with van der Waals surface area (Å²) in [6.45, 7) is 8.30. The fraction of sp³-hybridized carbons (Fsp3) is 0.526. The lowest BCUT2D eigenvalue weighted by molar-refractivity contribution is 0.0765. The first kappa shape index (κ1) is 20.6. The fourth-order valence-corrected chi connectivity index (χ4v) is 3.87. The Labute approximate surface area is 156 Å². The van der Waals surface area contributed by atoms with Gasteiger partial charge in [-0.25, -0.2) is 13.1 Å². The number of hydrogen-bond acceptors (Lipinski definition) is 4. The van der Waals surface area contributed by atoms with Gasteiger partial charge in [-0.15, -0.1) is 0 Å². The summed E-state index contributed by atoms with van der Waals surface area (Å²) in [7, 11) is -2.08. The van der Waals surface area contributed by atoms with E-state index in [1.165, 1.54) is 24.8 Å². The largest absolute Gasteiger partial charge is 0.383 e. The van der Waals surface area contributed by atoms with Crippen LogP contribution in [-0.2, 0) is 14.8 Å². The van der Waals surface area contributed by atoms with Crippen molar-refractivity contribution in [2.45, 2.75) is 32.1 Å². The Morgan fingerprint density at radius 2 is 1.88 bits per heavy atom. The van der Waals surface area contributed by atoms with Gasteiger partial charge in [0.25, 0.3) is 5.91 Å². The molecule has 1 aromatic rings. The standard InChI is InChI=1S/C19H28N2O4S/c1-19(2,3)16-9-12-21(13-10-16)18(22)15-5-7-17(8-6-15)26(23,24)20-11-14-25-4/h5-9,20H,10-14H2,1-4H3. The van der Waals surface area contributed by atoms with Crippen LogP contribution in [0.3, 0.4) is 0 Å². The van der Waals surface area contributed by atoms with Crippen LogP contribution in [0.1, 0.15) is 37.6 Å². The van der Waals surface area contributed by atoms with E-state index in [2.05, 4.69) is 31.6 Å². The molecule has 0 aliphatic carbocycles. The van der Waals surface area contributed by atoms with Gasteiger partial charge in [-0.1, -0.05) is 32.4 Å². The van der Waals surface area contributed by atoms with Crippen molar-refractivity contribution in [1.29, 1.82) is 0 Å². The Balaban J connectivity index is 2.05. The second kappa shape index (κ2) is 8.33. The van der Waals surface area contributed by atoms with Gasteiger partial charge in [0, 0.05) is 32.3 Å². The van der Waals surface area contributed by atoms with Crippen molar-refractivity contribution in [2.75, 3.05) is 33.4 Å². The number of nitrogens with one attached hydrogen (secondary N) is 1. The Hall–Kier alpha value is -1.70. The van der Waals surface area contributed by atoms with Crippen LogP contribution < -0.4 is 4.72 Å². The minimum absolute atomic E-state index is 0.0782. The molecule has 1 N–H and O–H groups in total. The van der Waals surface area contributed by atoms with E-state index in [0.29, 0.717) is 25.3 Å². The predicted molar refractivity (Wildman–Crippen MR) is 102 cm³/mol. The normalized spacial score (nSPS) is 15.7. The third kappa shape index (κ3) is 5.16. The molecule has 0 unspecified atom stereocenters. The quantitative estimate of drug-likeness (QED) is 0.607. The number of carbonyl (C=O) groups excluding carboxylic acids is 1. The van der Waals surface area contributed by atoms with Crippen molar-refractivity contribution in [2.24, 2.45) is 5.41 Å². The molecule has 0 bridgehead atoms. The van der Waals surface area contributed by atoms with E-state index < -0.39 is 10.0 Å². The number of benzene rings is 1. The van der Waals surface area contributed by atoms with Crippen molar-refractivity contribution in [3.63, 3.8) is 0 Å². The molecule has 1 amide bonds. The Morgan fingerprint density at radius 3 is 2.38 bits per heavy atom. The minimum Gasteiger partial charge on any atom is -0.383 e. The first-order valence-electron chi connectivity index (χ1n) is 8.72. The number of nitrogens with zero attached hydrogens (tertiary/aromatic N) is 1. The van der Waals surface area contributed by atoms with Crippen LogP contribution in [0.15, 0.2) is 40.8 Å². The Kier molecular flexibility index (Phi) is 6.60. The molecule has 0 aromatic heterocycles. The first-order chi connectivity index (χ1) is 12.1. The lowest BCUT2D eigenvalue weighted by atomic mass is 9.83. The zero-order valence-electron chi connectivity index (χ0n) is 15.9. The van der Waals surface area contributed by atoms with Crippen molar-refractivity contribution >= 4 is 15.9 Å². The van der Waals surface area contributed by atoms with Crippen molar-refractivity contribution in [3.05, 3.63) is 41.5 Å². The molecule has 2 rings (SSSR count). The lowest BCUT2D eigenvalue weighted by Crippen LogP contribution is -2.36. The SMILES string of the molecule is COCCNS(=O)(=O)c1ccc(C(=O)N2CC=C(C(C)(C)C)CC2)cc1. The maximum absolute atomic E-state index is 12.6. The first-order valence-corrected chi connectivity index (χ1v) is 10.2. The second-order valence-corrected chi connectivity index (χ2v) is 9.16. The second-order valence-electron chi connectivity index (χ2n) is 7.40. The summed E-state index contributed by atoms with van der Waals surface area (Å²) >= 11 is 0. The molecule has 1 aliphatic rings. The highest BCUT2D eigenvalue weighted by Gasteiger charge is 2.24. The summed E-state index contributed by atoms with van der Waals surface area (Å²) in [6, 6.07) is 6.05. The van der Waals surface area contributed by atoms with Gasteiger partial charge in [0.15, 0.2) is 0 Å². The molecule has 0 saturated heterocycles. The maximum Gasteiger partial charge on any atom is 0.254 e. The summed E-state index contributed by atoms with van der Waals surface area (Å²) < 4.78 is 31.6. The van der Waals surface area contributed by atoms with Gasteiger partial charge in [0.1, 0.15) is 0 Å². The fourth-order valence-electron chi connectivity index (χ4n) is 2.86. The number of carbonyl (C=O) groups is 1. The molecule has 0 radical (unpaired) electrons. The van der Waals surface area contributed by atoms with Gasteiger partial charge >= 0.3 is 0 Å². The zero-order chi connectivity index (χ0) is 19.4. The number of rotatable bonds is 6. The van der Waals surface area contributed by atoms with E-state index in [9.17, 15) is 13.2 Å². The number of hydrogen-bond donors (Lipinski definition) is 1. The predicted octanol–water partition coefficient (Wildman–Crippen LogP) is 2.43. The summed E-state index contributed by atoms with van der Waals surface area (Å²) in [5.41, 5.74) is 1.99. The molecule has 1 aliphatic heterocycles. The average Bonchev–Trinajstić information content (AvgIpc) is 2.61. The topological polar surface area (TPSA) is 75.7 Å². The summed E-state index contributed by atoms with van der Waals surface area (Å²) in [5.74, 6) is -0.0782. The molecule has 1 heterocycles. The summed E-state index contributed by atoms with van der Waals surface area (Å²) in [4.78, 5) is 14.6. The highest BCUT2D eigenvalue weighted by Crippen LogP contribution is 2.30. The number of sulfonamides is 1. The highest BCUT2D eigenvalue weighted by molar-refractivity contribution is 7.89. The molecular formula is C19H28N2O4S. The molecule has 144 valence electrons. The smallest absolute Gasteiger partial charge is 0.254 e. The van der Waals surface area contributed by atoms with Crippen LogP contribution in [0.2, 0.25) is 0 Å². The van der Waals surface area contributed by atoms with Gasteiger partial charge < -0.3 is 9.64 Å². The van der Waals surface area contributed by atoms with Crippen molar-refractivity contribution in [3.8, 4) is 0 Å². The molecule has 1 aromatic carbocycles. The third-order valence-electron chi connectivity index (χ3n) is 4.47. The van der Waals surface area contributed by atoms with Crippen molar-refractivity contribution < 1.29 is 17.9 Å². The van der Waals surface area contributed by atoms with E-state index in [1.807, 2.05) is 0 Å². The average molecular weight is 381 g/mol. The molecule has 6 nitrogen and oxygen atoms in total. The van der Waals surface area contributed by atoms with E-state index >= 15 is 0 Å². The molecule has 0 saturated carbocycles. The van der Waals surface area contributed by atoms with Gasteiger partial charge in [-0.2, -0.15) is 0 Å². The van der Waals surface area contributed by atoms with E-state index in [4.69, 9.17) is 4.74 Å². The Morgan fingerprint density at radius 1 is 1.23 bits per heavy atom. The monoisotopic (exact) mass is 380 g/mol. The molecule has 0 fully saturated rings. The third-order valence-corrected chi connectivity index (χ3v) is 5.95. The highest BCUT2D eigenvalue weighted by atomic mass is 32.2. The van der Waals surface area contributed by atoms with E-state index in [-0.39, 0.29) is 22.8 Å². The van der Waals surface area contributed by atoms with Crippen LogP contribution in [0.4, 0.5) is 0 Å².